The van der Waals surface area contributed by atoms with E-state index >= 15 is 0 Å². The topological polar surface area (TPSA) is 55.1 Å². The highest BCUT2D eigenvalue weighted by molar-refractivity contribution is 6.30. The summed E-state index contributed by atoms with van der Waals surface area (Å²) in [6.07, 6.45) is 3.25. The third-order valence-corrected chi connectivity index (χ3v) is 4.08. The Bertz CT molecular complexity index is 649. The molecule has 1 amide bonds. The molecule has 1 N–H and O–H groups in total. The summed E-state index contributed by atoms with van der Waals surface area (Å²) in [6, 6.07) is 7.25. The quantitative estimate of drug-likeness (QED) is 0.942. The lowest BCUT2D eigenvalue weighted by atomic mass is 9.89. The van der Waals surface area contributed by atoms with Gasteiger partial charge in [0.2, 0.25) is 11.8 Å². The van der Waals surface area contributed by atoms with E-state index in [2.05, 4.69) is 17.4 Å². The SMILES string of the molecule is CC1CCc2noc(NC(=O)Cc3ccc(Cl)cc3)c2C1. The molecule has 1 aliphatic carbocycles. The molecular weight excluding hydrogens is 288 g/mol. The van der Waals surface area contributed by atoms with Gasteiger partial charge in [0.1, 0.15) is 0 Å². The molecule has 0 bridgehead atoms. The minimum Gasteiger partial charge on any atom is -0.338 e. The van der Waals surface area contributed by atoms with Crippen LogP contribution in [-0.4, -0.2) is 11.1 Å². The van der Waals surface area contributed by atoms with E-state index in [0.717, 1.165) is 36.1 Å². The fourth-order valence-electron chi connectivity index (χ4n) is 2.64. The molecule has 1 unspecified atom stereocenters. The van der Waals surface area contributed by atoms with Crippen LogP contribution in [0.5, 0.6) is 0 Å². The number of nitrogens with one attached hydrogen (secondary N) is 1. The van der Waals surface area contributed by atoms with E-state index in [-0.39, 0.29) is 5.91 Å². The Morgan fingerprint density at radius 2 is 2.19 bits per heavy atom. The summed E-state index contributed by atoms with van der Waals surface area (Å²) in [7, 11) is 0. The summed E-state index contributed by atoms with van der Waals surface area (Å²) in [6.45, 7) is 2.20. The van der Waals surface area contributed by atoms with Crippen LogP contribution in [0, 0.1) is 5.92 Å². The van der Waals surface area contributed by atoms with Crippen LogP contribution in [0.3, 0.4) is 0 Å². The van der Waals surface area contributed by atoms with Gasteiger partial charge in [-0.25, -0.2) is 0 Å². The van der Waals surface area contributed by atoms with Gasteiger partial charge in [-0.3, -0.25) is 10.1 Å². The second-order valence-electron chi connectivity index (χ2n) is 5.64. The summed E-state index contributed by atoms with van der Waals surface area (Å²) in [5, 5.41) is 7.55. The maximum Gasteiger partial charge on any atom is 0.234 e. The zero-order valence-electron chi connectivity index (χ0n) is 11.9. The van der Waals surface area contributed by atoms with Gasteiger partial charge in [-0.2, -0.15) is 0 Å². The van der Waals surface area contributed by atoms with Crippen molar-refractivity contribution in [2.75, 3.05) is 5.32 Å². The number of carbonyl (C=O) groups is 1. The lowest BCUT2D eigenvalue weighted by Gasteiger charge is -2.16. The number of hydrogen-bond acceptors (Lipinski definition) is 3. The van der Waals surface area contributed by atoms with Gasteiger partial charge in [-0.1, -0.05) is 35.8 Å². The van der Waals surface area contributed by atoms with Crippen LogP contribution in [-0.2, 0) is 24.1 Å². The van der Waals surface area contributed by atoms with Gasteiger partial charge in [0.15, 0.2) is 0 Å². The Kier molecular flexibility index (Phi) is 3.97. The maximum absolute atomic E-state index is 12.1. The van der Waals surface area contributed by atoms with Gasteiger partial charge < -0.3 is 4.52 Å². The number of halogens is 1. The lowest BCUT2D eigenvalue weighted by molar-refractivity contribution is -0.115. The highest BCUT2D eigenvalue weighted by Crippen LogP contribution is 2.30. The van der Waals surface area contributed by atoms with Gasteiger partial charge in [-0.05, 0) is 42.9 Å². The minimum atomic E-state index is -0.102. The van der Waals surface area contributed by atoms with E-state index in [1.54, 1.807) is 12.1 Å². The number of benzene rings is 1. The van der Waals surface area contributed by atoms with E-state index in [1.165, 1.54) is 0 Å². The van der Waals surface area contributed by atoms with Crippen LogP contribution < -0.4 is 5.32 Å². The second kappa shape index (κ2) is 5.90. The van der Waals surface area contributed by atoms with E-state index in [0.29, 0.717) is 23.2 Å². The first-order valence-electron chi connectivity index (χ1n) is 7.13. The minimum absolute atomic E-state index is 0.102. The van der Waals surface area contributed by atoms with E-state index in [4.69, 9.17) is 16.1 Å². The highest BCUT2D eigenvalue weighted by atomic mass is 35.5. The average molecular weight is 305 g/mol. The van der Waals surface area contributed by atoms with Crippen molar-refractivity contribution in [3.63, 3.8) is 0 Å². The Hall–Kier alpha value is -1.81. The lowest BCUT2D eigenvalue weighted by Crippen LogP contribution is -2.17. The predicted molar refractivity (Wildman–Crippen MR) is 81.5 cm³/mol. The molecule has 0 spiro atoms. The fourth-order valence-corrected chi connectivity index (χ4v) is 2.77. The Morgan fingerprint density at radius 1 is 1.43 bits per heavy atom. The van der Waals surface area contributed by atoms with Crippen LogP contribution in [0.2, 0.25) is 5.02 Å². The van der Waals surface area contributed by atoms with Crippen molar-refractivity contribution >= 4 is 23.4 Å². The normalized spacial score (nSPS) is 17.3. The van der Waals surface area contributed by atoms with Gasteiger partial charge in [0.25, 0.3) is 0 Å². The third kappa shape index (κ3) is 3.27. The number of aromatic nitrogens is 1. The fraction of sp³-hybridized carbons (Fsp3) is 0.375. The molecule has 0 fully saturated rings. The van der Waals surface area contributed by atoms with Crippen molar-refractivity contribution in [3.05, 3.63) is 46.1 Å². The number of rotatable bonds is 3. The zero-order chi connectivity index (χ0) is 14.8. The standard InChI is InChI=1S/C16H17ClN2O2/c1-10-2-7-14-13(8-10)16(21-19-14)18-15(20)9-11-3-5-12(17)6-4-11/h3-6,10H,2,7-9H2,1H3,(H,18,20). The highest BCUT2D eigenvalue weighted by Gasteiger charge is 2.24. The van der Waals surface area contributed by atoms with Crippen LogP contribution in [0.15, 0.2) is 28.8 Å². The number of carbonyl (C=O) groups excluding carboxylic acids is 1. The van der Waals surface area contributed by atoms with Crippen molar-refractivity contribution in [2.24, 2.45) is 5.92 Å². The van der Waals surface area contributed by atoms with Crippen molar-refractivity contribution < 1.29 is 9.32 Å². The van der Waals surface area contributed by atoms with Crippen molar-refractivity contribution in [1.82, 2.24) is 5.16 Å². The molecule has 5 heteroatoms. The molecule has 3 rings (SSSR count). The average Bonchev–Trinajstić information content (AvgIpc) is 2.84. The smallest absolute Gasteiger partial charge is 0.234 e. The van der Waals surface area contributed by atoms with Crippen molar-refractivity contribution in [1.29, 1.82) is 0 Å². The van der Waals surface area contributed by atoms with Gasteiger partial charge >= 0.3 is 0 Å². The molecule has 0 saturated heterocycles. The number of nitrogens with zero attached hydrogens (tertiary/aromatic N) is 1. The molecule has 2 aromatic rings. The maximum atomic E-state index is 12.1. The molecule has 1 heterocycles. The number of aryl methyl sites for hydroxylation is 1. The first-order chi connectivity index (χ1) is 10.1. The van der Waals surface area contributed by atoms with Gasteiger partial charge in [0, 0.05) is 10.6 Å². The van der Waals surface area contributed by atoms with Crippen LogP contribution >= 0.6 is 11.6 Å². The molecule has 0 saturated carbocycles. The Balaban J connectivity index is 1.68. The summed E-state index contributed by atoms with van der Waals surface area (Å²) >= 11 is 5.83. The Morgan fingerprint density at radius 3 is 2.95 bits per heavy atom. The molecule has 1 aliphatic rings. The van der Waals surface area contributed by atoms with E-state index < -0.39 is 0 Å². The van der Waals surface area contributed by atoms with Crippen LogP contribution in [0.1, 0.15) is 30.2 Å². The second-order valence-corrected chi connectivity index (χ2v) is 6.07. The molecule has 1 atom stereocenters. The number of fused-ring (bicyclic) bond motifs is 1. The van der Waals surface area contributed by atoms with Crippen molar-refractivity contribution in [2.45, 2.75) is 32.6 Å². The largest absolute Gasteiger partial charge is 0.338 e. The molecule has 4 nitrogen and oxygen atoms in total. The van der Waals surface area contributed by atoms with E-state index in [1.807, 2.05) is 12.1 Å². The number of amides is 1. The summed E-state index contributed by atoms with van der Waals surface area (Å²) < 4.78 is 5.29. The zero-order valence-corrected chi connectivity index (χ0v) is 12.6. The number of hydrogen-bond donors (Lipinski definition) is 1. The van der Waals surface area contributed by atoms with Crippen LogP contribution in [0.25, 0.3) is 0 Å². The molecule has 0 aliphatic heterocycles. The van der Waals surface area contributed by atoms with Crippen molar-refractivity contribution in [3.8, 4) is 0 Å². The molecule has 1 aromatic carbocycles. The van der Waals surface area contributed by atoms with E-state index in [9.17, 15) is 4.79 Å². The number of anilines is 1. The molecule has 110 valence electrons. The molecule has 0 radical (unpaired) electrons. The Labute approximate surface area is 128 Å². The third-order valence-electron chi connectivity index (χ3n) is 3.83. The summed E-state index contributed by atoms with van der Waals surface area (Å²) in [4.78, 5) is 12.1. The summed E-state index contributed by atoms with van der Waals surface area (Å²) in [5.41, 5.74) is 2.95. The first kappa shape index (κ1) is 14.1. The van der Waals surface area contributed by atoms with Gasteiger partial charge in [0.05, 0.1) is 12.1 Å². The monoisotopic (exact) mass is 304 g/mol. The van der Waals surface area contributed by atoms with Crippen LogP contribution in [0.4, 0.5) is 5.88 Å². The predicted octanol–water partition coefficient (Wildman–Crippen LogP) is 3.63. The molecule has 21 heavy (non-hydrogen) atoms. The first-order valence-corrected chi connectivity index (χ1v) is 7.51. The molecule has 1 aromatic heterocycles. The van der Waals surface area contributed by atoms with Gasteiger partial charge in [-0.15, -0.1) is 0 Å². The molecular formula is C16H17ClN2O2. The summed E-state index contributed by atoms with van der Waals surface area (Å²) in [5.74, 6) is 1.01.